The molecule has 1 aromatic carbocycles. The average Bonchev–Trinajstić information content (AvgIpc) is 2.55. The van der Waals surface area contributed by atoms with Gasteiger partial charge < -0.3 is 11.1 Å². The van der Waals surface area contributed by atoms with Gasteiger partial charge in [-0.3, -0.25) is 4.79 Å². The highest BCUT2D eigenvalue weighted by molar-refractivity contribution is 8.00. The first kappa shape index (κ1) is 17.6. The maximum absolute atomic E-state index is 12.0. The van der Waals surface area contributed by atoms with Gasteiger partial charge in [0, 0.05) is 0 Å². The number of aromatic nitrogens is 1. The van der Waals surface area contributed by atoms with Crippen LogP contribution in [0.4, 0.5) is 11.5 Å². The number of aryl methyl sites for hydroxylation is 1. The maximum atomic E-state index is 12.0. The molecule has 0 spiro atoms. The Labute approximate surface area is 148 Å². The van der Waals surface area contributed by atoms with Crippen LogP contribution in [0.1, 0.15) is 16.7 Å². The quantitative estimate of drug-likeness (QED) is 0.812. The van der Waals surface area contributed by atoms with Crippen LogP contribution in [-0.4, -0.2) is 16.6 Å². The Morgan fingerprint density at radius 3 is 2.67 bits per heavy atom. The van der Waals surface area contributed by atoms with Crippen molar-refractivity contribution in [1.29, 1.82) is 10.5 Å². The van der Waals surface area contributed by atoms with E-state index in [1.807, 2.05) is 25.1 Å². The summed E-state index contributed by atoms with van der Waals surface area (Å²) in [7, 11) is 0. The number of nitrogen functional groups attached to an aromatic ring is 1. The van der Waals surface area contributed by atoms with Crippen molar-refractivity contribution in [2.24, 2.45) is 0 Å². The molecule has 120 valence electrons. The van der Waals surface area contributed by atoms with E-state index in [0.717, 1.165) is 17.3 Å². The van der Waals surface area contributed by atoms with E-state index in [4.69, 9.17) is 27.9 Å². The summed E-state index contributed by atoms with van der Waals surface area (Å²) in [4.78, 5) is 16.1. The van der Waals surface area contributed by atoms with Crippen molar-refractivity contribution in [3.8, 4) is 12.1 Å². The van der Waals surface area contributed by atoms with Crippen LogP contribution in [0, 0.1) is 29.6 Å². The fraction of sp³-hybridized carbons (Fsp3) is 0.125. The van der Waals surface area contributed by atoms with Crippen molar-refractivity contribution in [2.75, 3.05) is 16.8 Å². The number of carbonyl (C=O) groups is 1. The molecular weight excluding hydrogens is 346 g/mol. The summed E-state index contributed by atoms with van der Waals surface area (Å²) in [6.07, 6.45) is 0. The number of nitrogens with zero attached hydrogens (tertiary/aromatic N) is 3. The lowest BCUT2D eigenvalue weighted by Crippen LogP contribution is -2.14. The van der Waals surface area contributed by atoms with Crippen molar-refractivity contribution in [3.63, 3.8) is 0 Å². The van der Waals surface area contributed by atoms with Crippen LogP contribution >= 0.6 is 23.4 Å². The number of hydrogen-bond acceptors (Lipinski definition) is 6. The Morgan fingerprint density at radius 2 is 2.04 bits per heavy atom. The third-order valence-electron chi connectivity index (χ3n) is 3.00. The first-order valence-electron chi connectivity index (χ1n) is 6.74. The van der Waals surface area contributed by atoms with E-state index in [-0.39, 0.29) is 28.6 Å². The topological polar surface area (TPSA) is 116 Å². The molecule has 0 radical (unpaired) electrons. The van der Waals surface area contributed by atoms with Crippen molar-refractivity contribution in [3.05, 3.63) is 46.0 Å². The highest BCUT2D eigenvalue weighted by Gasteiger charge is 2.13. The second-order valence-electron chi connectivity index (χ2n) is 4.82. The highest BCUT2D eigenvalue weighted by Crippen LogP contribution is 2.25. The summed E-state index contributed by atoms with van der Waals surface area (Å²) in [5.74, 6) is -0.239. The van der Waals surface area contributed by atoms with E-state index in [0.29, 0.717) is 15.7 Å². The number of nitrogens with two attached hydrogens (primary N) is 1. The van der Waals surface area contributed by atoms with Crippen LogP contribution in [-0.2, 0) is 4.79 Å². The number of halogens is 1. The van der Waals surface area contributed by atoms with E-state index in [2.05, 4.69) is 10.3 Å². The maximum Gasteiger partial charge on any atom is 0.234 e. The predicted molar refractivity (Wildman–Crippen MR) is 93.6 cm³/mol. The van der Waals surface area contributed by atoms with Gasteiger partial charge >= 0.3 is 0 Å². The molecule has 24 heavy (non-hydrogen) atoms. The Bertz CT molecular complexity index is 885. The second kappa shape index (κ2) is 7.69. The molecule has 6 nitrogen and oxygen atoms in total. The zero-order valence-corrected chi connectivity index (χ0v) is 14.2. The lowest BCUT2D eigenvalue weighted by atomic mass is 10.2. The van der Waals surface area contributed by atoms with Crippen molar-refractivity contribution in [1.82, 2.24) is 4.98 Å². The SMILES string of the molecule is Cc1ccc(NC(=O)CSc2nc(N)c(C#N)cc2C#N)c(Cl)c1. The van der Waals surface area contributed by atoms with Gasteiger partial charge in [-0.25, -0.2) is 4.98 Å². The molecule has 1 heterocycles. The summed E-state index contributed by atoms with van der Waals surface area (Å²) in [6, 6.07) is 10.5. The lowest BCUT2D eigenvalue weighted by Gasteiger charge is -2.08. The van der Waals surface area contributed by atoms with Crippen LogP contribution in [0.15, 0.2) is 29.3 Å². The molecule has 0 saturated heterocycles. The molecule has 0 aliphatic carbocycles. The zero-order chi connectivity index (χ0) is 17.7. The van der Waals surface area contributed by atoms with Gasteiger partial charge in [-0.2, -0.15) is 10.5 Å². The van der Waals surface area contributed by atoms with Crippen LogP contribution < -0.4 is 11.1 Å². The molecule has 0 unspecified atom stereocenters. The van der Waals surface area contributed by atoms with E-state index in [1.54, 1.807) is 12.1 Å². The summed E-state index contributed by atoms with van der Waals surface area (Å²) in [6.45, 7) is 1.90. The third kappa shape index (κ3) is 4.17. The number of anilines is 2. The number of nitriles is 2. The lowest BCUT2D eigenvalue weighted by molar-refractivity contribution is -0.113. The van der Waals surface area contributed by atoms with Crippen LogP contribution in [0.5, 0.6) is 0 Å². The van der Waals surface area contributed by atoms with Crippen LogP contribution in [0.25, 0.3) is 0 Å². The van der Waals surface area contributed by atoms with E-state index < -0.39 is 0 Å². The van der Waals surface area contributed by atoms with Gasteiger partial charge in [0.25, 0.3) is 0 Å². The number of pyridine rings is 1. The number of nitrogens with one attached hydrogen (secondary N) is 1. The van der Waals surface area contributed by atoms with Gasteiger partial charge in [-0.15, -0.1) is 0 Å². The molecular formula is C16H12ClN5OS. The summed E-state index contributed by atoms with van der Waals surface area (Å²) < 4.78 is 0. The first-order chi connectivity index (χ1) is 11.4. The highest BCUT2D eigenvalue weighted by atomic mass is 35.5. The smallest absolute Gasteiger partial charge is 0.234 e. The molecule has 0 aliphatic rings. The number of rotatable bonds is 4. The molecule has 0 fully saturated rings. The van der Waals surface area contributed by atoms with E-state index >= 15 is 0 Å². The van der Waals surface area contributed by atoms with E-state index in [1.165, 1.54) is 6.07 Å². The standard InChI is InChI=1S/C16H12ClN5OS/c1-9-2-3-13(12(17)4-9)21-14(23)8-24-16-11(7-19)5-10(6-18)15(20)22-16/h2-5H,8H2,1H3,(H2,20,22)(H,21,23). The Morgan fingerprint density at radius 1 is 1.33 bits per heavy atom. The molecule has 0 saturated carbocycles. The molecule has 0 bridgehead atoms. The number of hydrogen-bond donors (Lipinski definition) is 2. The summed E-state index contributed by atoms with van der Waals surface area (Å²) in [5.41, 5.74) is 7.48. The van der Waals surface area contributed by atoms with Gasteiger partial charge in [-0.05, 0) is 30.7 Å². The molecule has 1 aromatic heterocycles. The monoisotopic (exact) mass is 357 g/mol. The van der Waals surface area contributed by atoms with Crippen LogP contribution in [0.2, 0.25) is 5.02 Å². The van der Waals surface area contributed by atoms with Gasteiger partial charge in [-0.1, -0.05) is 29.4 Å². The molecule has 2 aromatic rings. The number of amides is 1. The minimum Gasteiger partial charge on any atom is -0.383 e. The van der Waals surface area contributed by atoms with Crippen molar-refractivity contribution >= 4 is 40.8 Å². The number of thioether (sulfide) groups is 1. The van der Waals surface area contributed by atoms with Gasteiger partial charge in [0.15, 0.2) is 0 Å². The van der Waals surface area contributed by atoms with Gasteiger partial charge in [0.1, 0.15) is 23.0 Å². The Hall–Kier alpha value is -2.74. The van der Waals surface area contributed by atoms with Crippen LogP contribution in [0.3, 0.4) is 0 Å². The van der Waals surface area contributed by atoms with Crippen molar-refractivity contribution < 1.29 is 4.79 Å². The molecule has 0 atom stereocenters. The molecule has 2 rings (SSSR count). The zero-order valence-electron chi connectivity index (χ0n) is 12.6. The summed E-state index contributed by atoms with van der Waals surface area (Å²) >= 11 is 7.13. The second-order valence-corrected chi connectivity index (χ2v) is 6.19. The molecule has 8 heteroatoms. The predicted octanol–water partition coefficient (Wildman–Crippen LogP) is 3.10. The van der Waals surface area contributed by atoms with Gasteiger partial charge in [0.2, 0.25) is 5.91 Å². The van der Waals surface area contributed by atoms with Gasteiger partial charge in [0.05, 0.1) is 27.6 Å². The molecule has 3 N–H and O–H groups in total. The number of benzene rings is 1. The summed E-state index contributed by atoms with van der Waals surface area (Å²) in [5, 5.41) is 21.5. The fourth-order valence-corrected chi connectivity index (χ4v) is 2.88. The Balaban J connectivity index is 2.08. The molecule has 0 aliphatic heterocycles. The average molecular weight is 358 g/mol. The minimum atomic E-state index is -0.292. The first-order valence-corrected chi connectivity index (χ1v) is 8.10. The van der Waals surface area contributed by atoms with E-state index in [9.17, 15) is 4.79 Å². The Kier molecular flexibility index (Phi) is 5.64. The number of carbonyl (C=O) groups excluding carboxylic acids is 1. The fourth-order valence-electron chi connectivity index (χ4n) is 1.83. The molecule has 1 amide bonds. The third-order valence-corrected chi connectivity index (χ3v) is 4.30. The largest absolute Gasteiger partial charge is 0.383 e. The van der Waals surface area contributed by atoms with Crippen molar-refractivity contribution in [2.45, 2.75) is 11.9 Å². The normalized spacial score (nSPS) is 9.83. The minimum absolute atomic E-state index is 0.0250.